The van der Waals surface area contributed by atoms with Gasteiger partial charge in [0.25, 0.3) is 5.91 Å². The summed E-state index contributed by atoms with van der Waals surface area (Å²) in [7, 11) is 0. The number of thiocarbonyl (C=S) groups is 1. The molecule has 1 heterocycles. The molecule has 2 aromatic carbocycles. The third-order valence-electron chi connectivity index (χ3n) is 3.86. The monoisotopic (exact) mass is 403 g/mol. The molecular weight excluding hydrogens is 390 g/mol. The van der Waals surface area contributed by atoms with Gasteiger partial charge in [-0.25, -0.2) is 0 Å². The molecule has 1 amide bonds. The maximum Gasteiger partial charge on any atom is 0.305 e. The van der Waals surface area contributed by atoms with Crippen molar-refractivity contribution in [3.63, 3.8) is 0 Å². The summed E-state index contributed by atoms with van der Waals surface area (Å²) in [5, 5.41) is 9.90. The zero-order chi connectivity index (χ0) is 18.7. The molecule has 0 bridgehead atoms. The standard InChI is InChI=1S/C19H14ClNO3S2/c20-14-8-6-12(7-9-14)10-16-18(24)21(19(25)26-16)15(11-17(22)23)13-4-2-1-3-5-13/h1-10,15H,11H2,(H,22,23)/b16-10-/t15-/m0/s1. The molecule has 3 rings (SSSR count). The zero-order valence-electron chi connectivity index (χ0n) is 13.5. The summed E-state index contributed by atoms with van der Waals surface area (Å²) in [6, 6.07) is 15.5. The van der Waals surface area contributed by atoms with E-state index in [9.17, 15) is 14.7 Å². The van der Waals surface area contributed by atoms with Gasteiger partial charge in [0.15, 0.2) is 0 Å². The third-order valence-corrected chi connectivity index (χ3v) is 5.44. The number of rotatable bonds is 5. The fraction of sp³-hybridized carbons (Fsp3) is 0.105. The summed E-state index contributed by atoms with van der Waals surface area (Å²) in [5.41, 5.74) is 1.56. The molecule has 4 nitrogen and oxygen atoms in total. The lowest BCUT2D eigenvalue weighted by Crippen LogP contribution is -2.34. The molecule has 1 fully saturated rings. The number of thioether (sulfide) groups is 1. The fourth-order valence-corrected chi connectivity index (χ4v) is 4.14. The van der Waals surface area contributed by atoms with E-state index in [1.807, 2.05) is 18.2 Å². The molecule has 1 aliphatic heterocycles. The van der Waals surface area contributed by atoms with Crippen molar-refractivity contribution in [3.05, 3.63) is 75.7 Å². The highest BCUT2D eigenvalue weighted by Crippen LogP contribution is 2.39. The van der Waals surface area contributed by atoms with Crippen LogP contribution < -0.4 is 0 Å². The van der Waals surface area contributed by atoms with Crippen LogP contribution in [0.15, 0.2) is 59.5 Å². The number of benzene rings is 2. The van der Waals surface area contributed by atoms with Crippen molar-refractivity contribution in [3.8, 4) is 0 Å². The van der Waals surface area contributed by atoms with Gasteiger partial charge in [-0.1, -0.05) is 78.0 Å². The number of hydrogen-bond acceptors (Lipinski definition) is 4. The summed E-state index contributed by atoms with van der Waals surface area (Å²) in [5.74, 6) is -1.28. The van der Waals surface area contributed by atoms with Gasteiger partial charge in [-0.15, -0.1) is 0 Å². The van der Waals surface area contributed by atoms with E-state index in [-0.39, 0.29) is 12.3 Å². The Labute approximate surface area is 165 Å². The Kier molecular flexibility index (Phi) is 5.76. The van der Waals surface area contributed by atoms with Crippen LogP contribution in [0.3, 0.4) is 0 Å². The van der Waals surface area contributed by atoms with E-state index in [2.05, 4.69) is 0 Å². The first-order chi connectivity index (χ1) is 12.5. The number of halogens is 1. The Balaban J connectivity index is 1.93. The van der Waals surface area contributed by atoms with Crippen LogP contribution in [0.1, 0.15) is 23.6 Å². The zero-order valence-corrected chi connectivity index (χ0v) is 15.9. The van der Waals surface area contributed by atoms with Gasteiger partial charge in [-0.2, -0.15) is 0 Å². The molecule has 7 heteroatoms. The van der Waals surface area contributed by atoms with E-state index >= 15 is 0 Å². The van der Waals surface area contributed by atoms with Crippen LogP contribution in [0, 0.1) is 0 Å². The molecule has 1 N–H and O–H groups in total. The summed E-state index contributed by atoms with van der Waals surface area (Å²) in [6.45, 7) is 0. The minimum atomic E-state index is -0.991. The molecule has 1 aliphatic rings. The van der Waals surface area contributed by atoms with E-state index < -0.39 is 12.0 Å². The Hall–Kier alpha value is -2.15. The molecule has 2 aromatic rings. The quantitative estimate of drug-likeness (QED) is 0.576. The average molecular weight is 404 g/mol. The largest absolute Gasteiger partial charge is 0.481 e. The first kappa shape index (κ1) is 18.6. The Morgan fingerprint density at radius 1 is 1.19 bits per heavy atom. The molecule has 0 aromatic heterocycles. The second-order valence-corrected chi connectivity index (χ2v) is 7.74. The Morgan fingerprint density at radius 3 is 2.46 bits per heavy atom. The molecule has 1 saturated heterocycles. The van der Waals surface area contributed by atoms with Gasteiger partial charge in [0.1, 0.15) is 4.32 Å². The highest BCUT2D eigenvalue weighted by atomic mass is 35.5. The smallest absolute Gasteiger partial charge is 0.305 e. The Morgan fingerprint density at radius 2 is 1.85 bits per heavy atom. The minimum absolute atomic E-state index is 0.218. The summed E-state index contributed by atoms with van der Waals surface area (Å²) in [6.07, 6.45) is 1.52. The molecule has 26 heavy (non-hydrogen) atoms. The third kappa shape index (κ3) is 4.15. The van der Waals surface area contributed by atoms with Crippen molar-refractivity contribution in [2.45, 2.75) is 12.5 Å². The van der Waals surface area contributed by atoms with Crippen molar-refractivity contribution in [1.29, 1.82) is 0 Å². The van der Waals surface area contributed by atoms with E-state index in [1.54, 1.807) is 42.5 Å². The highest BCUT2D eigenvalue weighted by Gasteiger charge is 2.38. The molecule has 0 spiro atoms. The highest BCUT2D eigenvalue weighted by molar-refractivity contribution is 8.26. The molecule has 0 saturated carbocycles. The average Bonchev–Trinajstić information content (AvgIpc) is 2.89. The number of amides is 1. The molecular formula is C19H14ClNO3S2. The van der Waals surface area contributed by atoms with E-state index in [0.717, 1.165) is 11.1 Å². The predicted octanol–water partition coefficient (Wildman–Crippen LogP) is 4.76. The van der Waals surface area contributed by atoms with Gasteiger partial charge in [0.05, 0.1) is 17.4 Å². The van der Waals surface area contributed by atoms with Gasteiger partial charge in [0.2, 0.25) is 0 Å². The van der Waals surface area contributed by atoms with Crippen molar-refractivity contribution in [1.82, 2.24) is 4.90 Å². The predicted molar refractivity (Wildman–Crippen MR) is 108 cm³/mol. The maximum atomic E-state index is 12.9. The second-order valence-electron chi connectivity index (χ2n) is 5.63. The van der Waals surface area contributed by atoms with E-state index in [4.69, 9.17) is 23.8 Å². The van der Waals surface area contributed by atoms with Crippen molar-refractivity contribution >= 4 is 57.9 Å². The summed E-state index contributed by atoms with van der Waals surface area (Å²) >= 11 is 12.4. The van der Waals surface area contributed by atoms with Gasteiger partial charge in [-0.3, -0.25) is 14.5 Å². The van der Waals surface area contributed by atoms with Gasteiger partial charge >= 0.3 is 5.97 Å². The lowest BCUT2D eigenvalue weighted by atomic mass is 10.0. The van der Waals surface area contributed by atoms with Crippen molar-refractivity contribution in [2.24, 2.45) is 0 Å². The van der Waals surface area contributed by atoms with Crippen LogP contribution in [-0.4, -0.2) is 26.2 Å². The van der Waals surface area contributed by atoms with Crippen molar-refractivity contribution in [2.75, 3.05) is 0 Å². The number of carbonyl (C=O) groups excluding carboxylic acids is 1. The molecule has 0 unspecified atom stereocenters. The minimum Gasteiger partial charge on any atom is -0.481 e. The topological polar surface area (TPSA) is 57.6 Å². The van der Waals surface area contributed by atoms with Gasteiger partial charge in [0, 0.05) is 5.02 Å². The molecule has 0 aliphatic carbocycles. The SMILES string of the molecule is O=C(O)C[C@@H](c1ccccc1)N1C(=O)/C(=C/c2ccc(Cl)cc2)SC1=S. The fourth-order valence-electron chi connectivity index (χ4n) is 2.66. The lowest BCUT2D eigenvalue weighted by Gasteiger charge is -2.26. The summed E-state index contributed by atoms with van der Waals surface area (Å²) in [4.78, 5) is 26.1. The van der Waals surface area contributed by atoms with E-state index in [1.165, 1.54) is 16.7 Å². The van der Waals surface area contributed by atoms with Crippen LogP contribution in [0.4, 0.5) is 0 Å². The maximum absolute atomic E-state index is 12.9. The lowest BCUT2D eigenvalue weighted by molar-refractivity contribution is -0.138. The number of aliphatic carboxylic acids is 1. The van der Waals surface area contributed by atoms with Crippen LogP contribution >= 0.6 is 35.6 Å². The van der Waals surface area contributed by atoms with Crippen LogP contribution in [0.5, 0.6) is 0 Å². The number of hydrogen-bond donors (Lipinski definition) is 1. The van der Waals surface area contributed by atoms with Gasteiger partial charge in [-0.05, 0) is 29.3 Å². The van der Waals surface area contributed by atoms with Gasteiger partial charge < -0.3 is 5.11 Å². The first-order valence-electron chi connectivity index (χ1n) is 7.75. The number of carbonyl (C=O) groups is 2. The second kappa shape index (κ2) is 8.03. The molecule has 0 radical (unpaired) electrons. The van der Waals surface area contributed by atoms with Crippen LogP contribution in [0.2, 0.25) is 5.02 Å². The molecule has 132 valence electrons. The summed E-state index contributed by atoms with van der Waals surface area (Å²) < 4.78 is 0.352. The van der Waals surface area contributed by atoms with Crippen molar-refractivity contribution < 1.29 is 14.7 Å². The van der Waals surface area contributed by atoms with Crippen LogP contribution in [-0.2, 0) is 9.59 Å². The molecule has 1 atom stereocenters. The number of carboxylic acids is 1. The normalized spacial score (nSPS) is 17.0. The van der Waals surface area contributed by atoms with E-state index in [0.29, 0.717) is 14.2 Å². The van der Waals surface area contributed by atoms with Crippen LogP contribution in [0.25, 0.3) is 6.08 Å². The number of carboxylic acid groups (broad SMARTS) is 1. The first-order valence-corrected chi connectivity index (χ1v) is 9.35. The number of nitrogens with zero attached hydrogens (tertiary/aromatic N) is 1. The Bertz CT molecular complexity index is 881.